The van der Waals surface area contributed by atoms with Crippen LogP contribution >= 0.6 is 22.6 Å². The quantitative estimate of drug-likeness (QED) is 0.585. The van der Waals surface area contributed by atoms with Crippen molar-refractivity contribution in [2.75, 3.05) is 0 Å². The summed E-state index contributed by atoms with van der Waals surface area (Å²) < 4.78 is 0.873. The lowest BCUT2D eigenvalue weighted by Crippen LogP contribution is -1.89. The monoisotopic (exact) mass is 235 g/mol. The highest BCUT2D eigenvalue weighted by Gasteiger charge is 1.94. The maximum absolute atomic E-state index is 8.67. The van der Waals surface area contributed by atoms with E-state index in [0.29, 0.717) is 0 Å². The second kappa shape index (κ2) is 3.12. The lowest BCUT2D eigenvalue weighted by Gasteiger charge is -1.95. The third kappa shape index (κ3) is 1.62. The van der Waals surface area contributed by atoms with Gasteiger partial charge in [-0.2, -0.15) is 0 Å². The molecule has 0 fully saturated rings. The zero-order valence-corrected chi connectivity index (χ0v) is 6.87. The average Bonchev–Trinajstić information content (AvgIpc) is 1.89. The van der Waals surface area contributed by atoms with Crippen molar-refractivity contribution in [3.8, 4) is 0 Å². The minimum atomic E-state index is 0.0755. The fraction of sp³-hybridized carbons (Fsp3) is 0.167. The van der Waals surface area contributed by atoms with Crippen LogP contribution in [0.2, 0.25) is 0 Å². The van der Waals surface area contributed by atoms with E-state index in [9.17, 15) is 0 Å². The minimum Gasteiger partial charge on any atom is -0.392 e. The Balaban J connectivity index is 3.01. The van der Waals surface area contributed by atoms with Crippen molar-refractivity contribution >= 4 is 22.6 Å². The molecule has 0 atom stereocenters. The lowest BCUT2D eigenvalue weighted by atomic mass is 10.3. The highest BCUT2D eigenvalue weighted by molar-refractivity contribution is 14.1. The van der Waals surface area contributed by atoms with Gasteiger partial charge in [0.2, 0.25) is 0 Å². The molecule has 0 bridgehead atoms. The topological polar surface area (TPSA) is 33.1 Å². The van der Waals surface area contributed by atoms with Gasteiger partial charge in [-0.1, -0.05) is 6.07 Å². The van der Waals surface area contributed by atoms with Crippen LogP contribution < -0.4 is 0 Å². The number of aliphatic hydroxyl groups excluding tert-OH is 1. The highest BCUT2D eigenvalue weighted by atomic mass is 127. The molecule has 0 aliphatic carbocycles. The van der Waals surface area contributed by atoms with Gasteiger partial charge in [0, 0.05) is 11.8 Å². The average molecular weight is 235 g/mol. The molecule has 48 valence electrons. The molecule has 0 saturated heterocycles. The van der Waals surface area contributed by atoms with Crippen LogP contribution in [0.3, 0.4) is 0 Å². The summed E-state index contributed by atoms with van der Waals surface area (Å²) in [6, 6.07) is 3.67. The summed E-state index contributed by atoms with van der Waals surface area (Å²) in [5.41, 5.74) is 0.887. The molecule has 0 aliphatic heterocycles. The first-order valence-electron chi connectivity index (χ1n) is 2.55. The van der Waals surface area contributed by atoms with E-state index in [0.717, 1.165) is 9.26 Å². The fourth-order valence-corrected chi connectivity index (χ4v) is 1.05. The molecular weight excluding hydrogens is 229 g/mol. The largest absolute Gasteiger partial charge is 0.392 e. The molecule has 0 radical (unpaired) electrons. The molecule has 1 heterocycles. The van der Waals surface area contributed by atoms with Gasteiger partial charge in [-0.25, -0.2) is 4.98 Å². The molecule has 1 aromatic rings. The van der Waals surface area contributed by atoms with E-state index < -0.39 is 0 Å². The van der Waals surface area contributed by atoms with Gasteiger partial charge < -0.3 is 5.11 Å². The predicted molar refractivity (Wildman–Crippen MR) is 42.9 cm³/mol. The van der Waals surface area contributed by atoms with Gasteiger partial charge in [0.1, 0.15) is 3.70 Å². The number of aromatic nitrogens is 1. The number of hydrogen-bond acceptors (Lipinski definition) is 2. The third-order valence-electron chi connectivity index (χ3n) is 1.01. The van der Waals surface area contributed by atoms with E-state index in [4.69, 9.17) is 5.11 Å². The van der Waals surface area contributed by atoms with Crippen LogP contribution in [0.1, 0.15) is 5.56 Å². The molecule has 9 heavy (non-hydrogen) atoms. The maximum Gasteiger partial charge on any atom is 0.106 e. The van der Waals surface area contributed by atoms with Crippen LogP contribution in [0.15, 0.2) is 18.3 Å². The van der Waals surface area contributed by atoms with Crippen molar-refractivity contribution in [3.63, 3.8) is 0 Å². The van der Waals surface area contributed by atoms with Crippen LogP contribution in [0, 0.1) is 3.70 Å². The van der Waals surface area contributed by atoms with Gasteiger partial charge in [-0.05, 0) is 28.7 Å². The molecule has 0 unspecified atom stereocenters. The number of aliphatic hydroxyl groups is 1. The summed E-state index contributed by atoms with van der Waals surface area (Å²) in [5, 5.41) is 8.67. The van der Waals surface area contributed by atoms with Crippen molar-refractivity contribution in [3.05, 3.63) is 27.6 Å². The molecule has 0 amide bonds. The van der Waals surface area contributed by atoms with E-state index in [1.165, 1.54) is 0 Å². The Hall–Kier alpha value is -0.160. The molecule has 0 aromatic carbocycles. The summed E-state index contributed by atoms with van der Waals surface area (Å²) in [6.45, 7) is 0.0755. The van der Waals surface area contributed by atoms with Crippen LogP contribution in [0.4, 0.5) is 0 Å². The highest BCUT2D eigenvalue weighted by Crippen LogP contribution is 2.06. The fourth-order valence-electron chi connectivity index (χ4n) is 0.537. The van der Waals surface area contributed by atoms with Gasteiger partial charge in [-0.3, -0.25) is 0 Å². The number of hydrogen-bond donors (Lipinski definition) is 1. The second-order valence-electron chi connectivity index (χ2n) is 1.61. The van der Waals surface area contributed by atoms with Crippen LogP contribution in [0.5, 0.6) is 0 Å². The Morgan fingerprint density at radius 2 is 2.44 bits per heavy atom. The number of pyridine rings is 1. The molecule has 0 spiro atoms. The minimum absolute atomic E-state index is 0.0755. The molecular formula is C6H6INO. The molecule has 1 N–H and O–H groups in total. The first kappa shape index (κ1) is 6.95. The Bertz CT molecular complexity index is 202. The van der Waals surface area contributed by atoms with E-state index in [-0.39, 0.29) is 6.61 Å². The van der Waals surface area contributed by atoms with E-state index in [2.05, 4.69) is 27.6 Å². The van der Waals surface area contributed by atoms with Crippen LogP contribution in [-0.4, -0.2) is 10.1 Å². The Kier molecular flexibility index (Phi) is 2.41. The summed E-state index contributed by atoms with van der Waals surface area (Å²) >= 11 is 2.09. The first-order valence-corrected chi connectivity index (χ1v) is 3.62. The summed E-state index contributed by atoms with van der Waals surface area (Å²) in [7, 11) is 0. The SMILES string of the molecule is OCc1cccnc1I. The van der Waals surface area contributed by atoms with E-state index in [1.54, 1.807) is 6.20 Å². The Morgan fingerprint density at radius 3 is 2.89 bits per heavy atom. The van der Waals surface area contributed by atoms with Gasteiger partial charge in [0.15, 0.2) is 0 Å². The van der Waals surface area contributed by atoms with Crippen LogP contribution in [0.25, 0.3) is 0 Å². The Labute approximate surface area is 67.1 Å². The smallest absolute Gasteiger partial charge is 0.106 e. The predicted octanol–water partition coefficient (Wildman–Crippen LogP) is 1.18. The van der Waals surface area contributed by atoms with E-state index >= 15 is 0 Å². The number of halogens is 1. The summed E-state index contributed by atoms with van der Waals surface area (Å²) in [6.07, 6.45) is 1.71. The van der Waals surface area contributed by atoms with Gasteiger partial charge >= 0.3 is 0 Å². The molecule has 0 saturated carbocycles. The van der Waals surface area contributed by atoms with Crippen molar-refractivity contribution < 1.29 is 5.11 Å². The van der Waals surface area contributed by atoms with Crippen molar-refractivity contribution in [1.82, 2.24) is 4.98 Å². The molecule has 3 heteroatoms. The maximum atomic E-state index is 8.67. The first-order chi connectivity index (χ1) is 4.34. The molecule has 1 aromatic heterocycles. The number of rotatable bonds is 1. The standard InChI is InChI=1S/C6H6INO/c7-6-5(4-9)2-1-3-8-6/h1-3,9H,4H2. The summed E-state index contributed by atoms with van der Waals surface area (Å²) in [4.78, 5) is 3.98. The molecule has 2 nitrogen and oxygen atoms in total. The van der Waals surface area contributed by atoms with Gasteiger partial charge in [-0.15, -0.1) is 0 Å². The third-order valence-corrected chi connectivity index (χ3v) is 1.98. The Morgan fingerprint density at radius 1 is 1.67 bits per heavy atom. The van der Waals surface area contributed by atoms with Crippen molar-refractivity contribution in [1.29, 1.82) is 0 Å². The van der Waals surface area contributed by atoms with E-state index in [1.807, 2.05) is 12.1 Å². The van der Waals surface area contributed by atoms with Gasteiger partial charge in [0.05, 0.1) is 6.61 Å². The summed E-state index contributed by atoms with van der Waals surface area (Å²) in [5.74, 6) is 0. The van der Waals surface area contributed by atoms with Crippen molar-refractivity contribution in [2.45, 2.75) is 6.61 Å². The second-order valence-corrected chi connectivity index (χ2v) is 2.63. The van der Waals surface area contributed by atoms with Gasteiger partial charge in [0.25, 0.3) is 0 Å². The molecule has 1 rings (SSSR count). The zero-order valence-electron chi connectivity index (χ0n) is 4.71. The van der Waals surface area contributed by atoms with Crippen molar-refractivity contribution in [2.24, 2.45) is 0 Å². The number of nitrogens with zero attached hydrogens (tertiary/aromatic N) is 1. The lowest BCUT2D eigenvalue weighted by molar-refractivity contribution is 0.280. The zero-order chi connectivity index (χ0) is 6.69. The van der Waals surface area contributed by atoms with Crippen LogP contribution in [-0.2, 0) is 6.61 Å². The normalized spacial score (nSPS) is 9.56. The molecule has 0 aliphatic rings.